The molecule has 6 heteroatoms. The average Bonchev–Trinajstić information content (AvgIpc) is 2.74. The molecule has 0 aliphatic heterocycles. The first-order chi connectivity index (χ1) is 8.67. The Morgan fingerprint density at radius 2 is 2.33 bits per heavy atom. The molecule has 0 saturated heterocycles. The predicted molar refractivity (Wildman–Crippen MR) is 68.6 cm³/mol. The molecule has 18 heavy (non-hydrogen) atoms. The van der Waals surface area contributed by atoms with Gasteiger partial charge in [0.15, 0.2) is 0 Å². The molecule has 1 atom stereocenters. The van der Waals surface area contributed by atoms with Gasteiger partial charge in [-0.2, -0.15) is 10.1 Å². The Morgan fingerprint density at radius 3 is 3.00 bits per heavy atom. The van der Waals surface area contributed by atoms with Crippen molar-refractivity contribution < 1.29 is 4.74 Å². The fraction of sp³-hybridized carbons (Fsp3) is 0.417. The number of aryl methyl sites for hydroxylation is 1. The zero-order chi connectivity index (χ0) is 13.0. The van der Waals surface area contributed by atoms with E-state index in [1.54, 1.807) is 19.4 Å². The second-order valence-electron chi connectivity index (χ2n) is 4.21. The average molecular weight is 247 g/mol. The first-order valence-corrected chi connectivity index (χ1v) is 5.80. The van der Waals surface area contributed by atoms with Gasteiger partial charge in [-0.25, -0.2) is 4.98 Å². The molecule has 96 valence electrons. The molecule has 6 nitrogen and oxygen atoms in total. The molecule has 0 fully saturated rings. The largest absolute Gasteiger partial charge is 0.481 e. The number of hydrogen-bond donors (Lipinski definition) is 1. The number of methoxy groups -OCH3 is 1. The van der Waals surface area contributed by atoms with E-state index in [0.717, 1.165) is 12.1 Å². The highest BCUT2D eigenvalue weighted by molar-refractivity contribution is 5.28. The summed E-state index contributed by atoms with van der Waals surface area (Å²) >= 11 is 0. The Morgan fingerprint density at radius 1 is 1.50 bits per heavy atom. The highest BCUT2D eigenvalue weighted by Crippen LogP contribution is 2.08. The van der Waals surface area contributed by atoms with Crippen LogP contribution in [0.5, 0.6) is 5.88 Å². The van der Waals surface area contributed by atoms with Crippen LogP contribution in [0.15, 0.2) is 24.7 Å². The van der Waals surface area contributed by atoms with Crippen molar-refractivity contribution in [3.05, 3.63) is 30.2 Å². The number of ether oxygens (including phenoxy) is 1. The molecule has 0 saturated carbocycles. The first kappa shape index (κ1) is 12.3. The van der Waals surface area contributed by atoms with Gasteiger partial charge in [-0.1, -0.05) is 0 Å². The first-order valence-electron chi connectivity index (χ1n) is 5.80. The Kier molecular flexibility index (Phi) is 3.76. The molecule has 0 aromatic carbocycles. The molecular formula is C12H17N5O. The Bertz CT molecular complexity index is 511. The Labute approximate surface area is 106 Å². The van der Waals surface area contributed by atoms with E-state index in [1.165, 1.54) is 0 Å². The normalized spacial score (nSPS) is 12.2. The van der Waals surface area contributed by atoms with Crippen LogP contribution in [0.25, 0.3) is 0 Å². The third kappa shape index (κ3) is 3.19. The molecule has 0 amide bonds. The van der Waals surface area contributed by atoms with Crippen LogP contribution >= 0.6 is 0 Å². The van der Waals surface area contributed by atoms with Gasteiger partial charge in [0.05, 0.1) is 19.9 Å². The van der Waals surface area contributed by atoms with Crippen molar-refractivity contribution in [2.75, 3.05) is 12.4 Å². The van der Waals surface area contributed by atoms with E-state index in [0.29, 0.717) is 11.8 Å². The summed E-state index contributed by atoms with van der Waals surface area (Å²) in [6.07, 6.45) is 5.51. The summed E-state index contributed by atoms with van der Waals surface area (Å²) in [4.78, 5) is 8.35. The van der Waals surface area contributed by atoms with Crippen molar-refractivity contribution in [3.8, 4) is 5.88 Å². The summed E-state index contributed by atoms with van der Waals surface area (Å²) in [7, 11) is 1.59. The van der Waals surface area contributed by atoms with Gasteiger partial charge in [-0.3, -0.25) is 4.68 Å². The van der Waals surface area contributed by atoms with Crippen LogP contribution in [-0.2, 0) is 6.54 Å². The van der Waals surface area contributed by atoms with E-state index < -0.39 is 0 Å². The van der Waals surface area contributed by atoms with Crippen molar-refractivity contribution in [3.63, 3.8) is 0 Å². The van der Waals surface area contributed by atoms with Gasteiger partial charge in [0, 0.05) is 24.5 Å². The van der Waals surface area contributed by atoms with Gasteiger partial charge in [-0.05, 0) is 19.4 Å². The summed E-state index contributed by atoms with van der Waals surface area (Å²) in [5, 5.41) is 7.45. The lowest BCUT2D eigenvalue weighted by atomic mass is 10.3. The van der Waals surface area contributed by atoms with E-state index in [-0.39, 0.29) is 6.04 Å². The van der Waals surface area contributed by atoms with E-state index in [1.807, 2.05) is 24.0 Å². The highest BCUT2D eigenvalue weighted by atomic mass is 16.5. The minimum atomic E-state index is 0.177. The molecule has 0 radical (unpaired) electrons. The molecule has 2 heterocycles. The zero-order valence-electron chi connectivity index (χ0n) is 10.8. The van der Waals surface area contributed by atoms with E-state index in [2.05, 4.69) is 27.3 Å². The molecule has 1 N–H and O–H groups in total. The monoisotopic (exact) mass is 247 g/mol. The van der Waals surface area contributed by atoms with Crippen LogP contribution in [0, 0.1) is 6.92 Å². The lowest BCUT2D eigenvalue weighted by molar-refractivity contribution is 0.397. The Balaban J connectivity index is 1.96. The number of rotatable bonds is 5. The lowest BCUT2D eigenvalue weighted by Gasteiger charge is -2.13. The molecule has 0 spiro atoms. The number of nitrogens with zero attached hydrogens (tertiary/aromatic N) is 4. The van der Waals surface area contributed by atoms with Crippen LogP contribution in [0.3, 0.4) is 0 Å². The molecule has 0 aliphatic rings. The van der Waals surface area contributed by atoms with Gasteiger partial charge < -0.3 is 10.1 Å². The van der Waals surface area contributed by atoms with Gasteiger partial charge in [-0.15, -0.1) is 0 Å². The zero-order valence-corrected chi connectivity index (χ0v) is 10.8. The predicted octanol–water partition coefficient (Wildman–Crippen LogP) is 1.49. The van der Waals surface area contributed by atoms with E-state index in [4.69, 9.17) is 4.74 Å². The third-order valence-electron chi connectivity index (χ3n) is 2.44. The summed E-state index contributed by atoms with van der Waals surface area (Å²) in [5.74, 6) is 1.11. The van der Waals surface area contributed by atoms with Crippen LogP contribution in [-0.4, -0.2) is 32.9 Å². The maximum absolute atomic E-state index is 5.05. The highest BCUT2D eigenvalue weighted by Gasteiger charge is 2.06. The SMILES string of the molecule is COc1ccnc(N[C@@H](C)Cn2cc(C)cn2)n1. The van der Waals surface area contributed by atoms with Crippen molar-refractivity contribution in [2.24, 2.45) is 0 Å². The topological polar surface area (TPSA) is 64.9 Å². The fourth-order valence-electron chi connectivity index (χ4n) is 1.64. The third-order valence-corrected chi connectivity index (χ3v) is 2.44. The van der Waals surface area contributed by atoms with E-state index >= 15 is 0 Å². The van der Waals surface area contributed by atoms with Gasteiger partial charge in [0.2, 0.25) is 11.8 Å². The second-order valence-corrected chi connectivity index (χ2v) is 4.21. The molecular weight excluding hydrogens is 230 g/mol. The summed E-state index contributed by atoms with van der Waals surface area (Å²) in [5.41, 5.74) is 1.15. The fourth-order valence-corrected chi connectivity index (χ4v) is 1.64. The van der Waals surface area contributed by atoms with Crippen molar-refractivity contribution in [1.29, 1.82) is 0 Å². The molecule has 2 rings (SSSR count). The van der Waals surface area contributed by atoms with Crippen LogP contribution in [0.4, 0.5) is 5.95 Å². The van der Waals surface area contributed by atoms with Crippen molar-refractivity contribution in [2.45, 2.75) is 26.4 Å². The van der Waals surface area contributed by atoms with Gasteiger partial charge in [0.25, 0.3) is 0 Å². The quantitative estimate of drug-likeness (QED) is 0.867. The Hall–Kier alpha value is -2.11. The summed E-state index contributed by atoms with van der Waals surface area (Å²) < 4.78 is 6.95. The van der Waals surface area contributed by atoms with Gasteiger partial charge >= 0.3 is 0 Å². The summed E-state index contributed by atoms with van der Waals surface area (Å²) in [6, 6.07) is 1.89. The minimum absolute atomic E-state index is 0.177. The minimum Gasteiger partial charge on any atom is -0.481 e. The maximum Gasteiger partial charge on any atom is 0.226 e. The second kappa shape index (κ2) is 5.48. The molecule has 0 bridgehead atoms. The molecule has 0 unspecified atom stereocenters. The molecule has 2 aromatic rings. The van der Waals surface area contributed by atoms with Crippen LogP contribution in [0.1, 0.15) is 12.5 Å². The number of hydrogen-bond acceptors (Lipinski definition) is 5. The van der Waals surface area contributed by atoms with Gasteiger partial charge in [0.1, 0.15) is 0 Å². The van der Waals surface area contributed by atoms with Crippen molar-refractivity contribution in [1.82, 2.24) is 19.7 Å². The van der Waals surface area contributed by atoms with Crippen LogP contribution in [0.2, 0.25) is 0 Å². The van der Waals surface area contributed by atoms with E-state index in [9.17, 15) is 0 Å². The number of anilines is 1. The number of nitrogens with one attached hydrogen (secondary N) is 1. The molecule has 2 aromatic heterocycles. The number of aromatic nitrogens is 4. The lowest BCUT2D eigenvalue weighted by Crippen LogP contribution is -2.23. The molecule has 0 aliphatic carbocycles. The standard InChI is InChI=1S/C12H17N5O/c1-9-6-14-17(7-9)8-10(2)15-12-13-5-4-11(16-12)18-3/h4-7,10H,8H2,1-3H3,(H,13,15,16)/t10-/m0/s1. The van der Waals surface area contributed by atoms with Crippen LogP contribution < -0.4 is 10.1 Å². The summed E-state index contributed by atoms with van der Waals surface area (Å²) in [6.45, 7) is 4.83. The van der Waals surface area contributed by atoms with Crippen molar-refractivity contribution >= 4 is 5.95 Å². The maximum atomic E-state index is 5.05. The smallest absolute Gasteiger partial charge is 0.226 e.